The summed E-state index contributed by atoms with van der Waals surface area (Å²) >= 11 is 0. The van der Waals surface area contributed by atoms with Crippen LogP contribution in [0.4, 0.5) is 0 Å². The first-order chi connectivity index (χ1) is 10.3. The summed E-state index contributed by atoms with van der Waals surface area (Å²) < 4.78 is 29.6. The van der Waals surface area contributed by atoms with Gasteiger partial charge in [0.25, 0.3) is 10.1 Å². The molecule has 22 heavy (non-hydrogen) atoms. The number of aliphatic hydroxyl groups is 1. The van der Waals surface area contributed by atoms with Crippen LogP contribution in [0.2, 0.25) is 0 Å². The first-order valence-corrected chi connectivity index (χ1v) is 9.43. The SMILES string of the molecule is CCCCCCCCC(C)O.Cc1ccc(S(=O)(=O)O)cc1. The fraction of sp³-hybridized carbons (Fsp3) is 0.647. The second-order valence-corrected chi connectivity index (χ2v) is 7.12. The van der Waals surface area contributed by atoms with Crippen molar-refractivity contribution >= 4 is 10.1 Å². The van der Waals surface area contributed by atoms with Gasteiger partial charge in [-0.1, -0.05) is 63.1 Å². The van der Waals surface area contributed by atoms with Gasteiger partial charge in [0.2, 0.25) is 0 Å². The van der Waals surface area contributed by atoms with Gasteiger partial charge >= 0.3 is 0 Å². The number of benzene rings is 1. The molecule has 0 saturated heterocycles. The topological polar surface area (TPSA) is 74.6 Å². The quantitative estimate of drug-likeness (QED) is 0.548. The predicted octanol–water partition coefficient (Wildman–Crippen LogP) is 4.36. The third-order valence-corrected chi connectivity index (χ3v) is 4.16. The van der Waals surface area contributed by atoms with Crippen molar-refractivity contribution in [1.82, 2.24) is 0 Å². The van der Waals surface area contributed by atoms with Gasteiger partial charge in [0.05, 0.1) is 11.0 Å². The Hall–Kier alpha value is -0.910. The van der Waals surface area contributed by atoms with E-state index < -0.39 is 10.1 Å². The maximum absolute atomic E-state index is 10.5. The van der Waals surface area contributed by atoms with Crippen molar-refractivity contribution in [2.45, 2.75) is 76.7 Å². The summed E-state index contributed by atoms with van der Waals surface area (Å²) in [6, 6.07) is 5.99. The van der Waals surface area contributed by atoms with Gasteiger partial charge in [0, 0.05) is 0 Å². The van der Waals surface area contributed by atoms with Gasteiger partial charge < -0.3 is 5.11 Å². The summed E-state index contributed by atoms with van der Waals surface area (Å²) in [4.78, 5) is -0.0666. The third-order valence-electron chi connectivity index (χ3n) is 3.29. The zero-order chi connectivity index (χ0) is 17.0. The molecule has 1 unspecified atom stereocenters. The first kappa shape index (κ1) is 21.1. The molecule has 2 N–H and O–H groups in total. The molecule has 0 spiro atoms. The van der Waals surface area contributed by atoms with Crippen LogP contribution in [-0.2, 0) is 10.1 Å². The smallest absolute Gasteiger partial charge is 0.294 e. The lowest BCUT2D eigenvalue weighted by molar-refractivity contribution is 0.180. The number of rotatable bonds is 8. The Balaban J connectivity index is 0.000000401. The molecule has 0 aliphatic rings. The molecule has 0 amide bonds. The largest absolute Gasteiger partial charge is 0.393 e. The van der Waals surface area contributed by atoms with Crippen molar-refractivity contribution < 1.29 is 18.1 Å². The fourth-order valence-corrected chi connectivity index (χ4v) is 2.41. The Morgan fingerprint density at radius 3 is 1.95 bits per heavy atom. The van der Waals surface area contributed by atoms with E-state index >= 15 is 0 Å². The lowest BCUT2D eigenvalue weighted by atomic mass is 10.1. The maximum Gasteiger partial charge on any atom is 0.294 e. The minimum absolute atomic E-state index is 0.0666. The standard InChI is InChI=1S/C10H22O.C7H8O3S/c1-3-4-5-6-7-8-9-10(2)11;1-6-2-4-7(5-3-6)11(8,9)10/h10-11H,3-9H2,1-2H3;2-5H,1H3,(H,8,9,10). The second-order valence-electron chi connectivity index (χ2n) is 5.69. The Morgan fingerprint density at radius 2 is 1.50 bits per heavy atom. The molecule has 0 heterocycles. The van der Waals surface area contributed by atoms with E-state index in [1.807, 2.05) is 13.8 Å². The molecule has 0 aliphatic heterocycles. The minimum atomic E-state index is -4.02. The highest BCUT2D eigenvalue weighted by Crippen LogP contribution is 2.09. The van der Waals surface area contributed by atoms with Gasteiger partial charge in [-0.3, -0.25) is 4.55 Å². The monoisotopic (exact) mass is 330 g/mol. The number of hydrogen-bond donors (Lipinski definition) is 2. The van der Waals surface area contributed by atoms with E-state index in [4.69, 9.17) is 9.66 Å². The average Bonchev–Trinajstić information content (AvgIpc) is 2.42. The molecule has 1 atom stereocenters. The molecule has 4 nitrogen and oxygen atoms in total. The van der Waals surface area contributed by atoms with Crippen molar-refractivity contribution in [2.24, 2.45) is 0 Å². The van der Waals surface area contributed by atoms with E-state index in [1.165, 1.54) is 50.7 Å². The Morgan fingerprint density at radius 1 is 1.00 bits per heavy atom. The van der Waals surface area contributed by atoms with Crippen LogP contribution in [-0.4, -0.2) is 24.2 Å². The molecule has 5 heteroatoms. The minimum Gasteiger partial charge on any atom is -0.393 e. The lowest BCUT2D eigenvalue weighted by Crippen LogP contribution is -1.98. The van der Waals surface area contributed by atoms with E-state index in [0.717, 1.165) is 12.0 Å². The molecule has 0 radical (unpaired) electrons. The zero-order valence-electron chi connectivity index (χ0n) is 14.0. The van der Waals surface area contributed by atoms with Crippen LogP contribution >= 0.6 is 0 Å². The van der Waals surface area contributed by atoms with Crippen LogP contribution in [0.5, 0.6) is 0 Å². The molecule has 0 fully saturated rings. The van der Waals surface area contributed by atoms with Crippen LogP contribution in [0.15, 0.2) is 29.2 Å². The first-order valence-electron chi connectivity index (χ1n) is 7.99. The highest BCUT2D eigenvalue weighted by Gasteiger charge is 2.06. The molecule has 1 aromatic carbocycles. The van der Waals surface area contributed by atoms with E-state index in [2.05, 4.69) is 6.92 Å². The molecule has 0 bridgehead atoms. The summed E-state index contributed by atoms with van der Waals surface area (Å²) in [5, 5.41) is 8.96. The molecule has 1 aromatic rings. The van der Waals surface area contributed by atoms with Crippen molar-refractivity contribution in [1.29, 1.82) is 0 Å². The number of unbranched alkanes of at least 4 members (excludes halogenated alkanes) is 5. The van der Waals surface area contributed by atoms with Gasteiger partial charge in [-0.05, 0) is 32.4 Å². The van der Waals surface area contributed by atoms with Crippen molar-refractivity contribution in [3.63, 3.8) is 0 Å². The van der Waals surface area contributed by atoms with Crippen LogP contribution < -0.4 is 0 Å². The van der Waals surface area contributed by atoms with Crippen LogP contribution in [0.1, 0.15) is 64.4 Å². The van der Waals surface area contributed by atoms with Crippen LogP contribution in [0.25, 0.3) is 0 Å². The normalized spacial score (nSPS) is 12.4. The highest BCUT2D eigenvalue weighted by molar-refractivity contribution is 7.85. The van der Waals surface area contributed by atoms with E-state index in [0.29, 0.717) is 0 Å². The van der Waals surface area contributed by atoms with Crippen molar-refractivity contribution in [3.05, 3.63) is 29.8 Å². The van der Waals surface area contributed by atoms with Crippen molar-refractivity contribution in [3.8, 4) is 0 Å². The van der Waals surface area contributed by atoms with Crippen LogP contribution in [0.3, 0.4) is 0 Å². The highest BCUT2D eigenvalue weighted by atomic mass is 32.2. The molecule has 0 aromatic heterocycles. The second kappa shape index (κ2) is 11.6. The van der Waals surface area contributed by atoms with Crippen molar-refractivity contribution in [2.75, 3.05) is 0 Å². The summed E-state index contributed by atoms with van der Waals surface area (Å²) in [6.07, 6.45) is 8.78. The molecular weight excluding hydrogens is 300 g/mol. The number of hydrogen-bond acceptors (Lipinski definition) is 3. The number of aliphatic hydroxyl groups excluding tert-OH is 1. The third kappa shape index (κ3) is 11.7. The van der Waals surface area contributed by atoms with Crippen LogP contribution in [0, 0.1) is 6.92 Å². The number of aryl methyl sites for hydroxylation is 1. The van der Waals surface area contributed by atoms with Gasteiger partial charge in [-0.15, -0.1) is 0 Å². The Kier molecular flexibility index (Phi) is 11.1. The van der Waals surface area contributed by atoms with Gasteiger partial charge in [0.15, 0.2) is 0 Å². The van der Waals surface area contributed by atoms with E-state index in [9.17, 15) is 8.42 Å². The fourth-order valence-electron chi connectivity index (χ4n) is 1.93. The summed E-state index contributed by atoms with van der Waals surface area (Å²) in [6.45, 7) is 5.94. The average molecular weight is 330 g/mol. The molecule has 1 rings (SSSR count). The van der Waals surface area contributed by atoms with Gasteiger partial charge in [0.1, 0.15) is 0 Å². The van der Waals surface area contributed by atoms with E-state index in [-0.39, 0.29) is 11.0 Å². The summed E-state index contributed by atoms with van der Waals surface area (Å²) in [5.74, 6) is 0. The summed E-state index contributed by atoms with van der Waals surface area (Å²) in [5.41, 5.74) is 0.956. The molecule has 0 aliphatic carbocycles. The maximum atomic E-state index is 10.5. The van der Waals surface area contributed by atoms with Gasteiger partial charge in [-0.2, -0.15) is 8.42 Å². The lowest BCUT2D eigenvalue weighted by Gasteiger charge is -2.02. The zero-order valence-corrected chi connectivity index (χ0v) is 14.8. The van der Waals surface area contributed by atoms with Gasteiger partial charge in [-0.25, -0.2) is 0 Å². The predicted molar refractivity (Wildman–Crippen MR) is 90.7 cm³/mol. The Labute approximate surface area is 135 Å². The molecular formula is C17H30O4S. The Bertz CT molecular complexity index is 478. The molecule has 0 saturated carbocycles. The summed E-state index contributed by atoms with van der Waals surface area (Å²) in [7, 11) is -4.02. The molecule has 128 valence electrons. The van der Waals surface area contributed by atoms with E-state index in [1.54, 1.807) is 12.1 Å².